The van der Waals surface area contributed by atoms with Crippen LogP contribution in [0.5, 0.6) is 0 Å². The van der Waals surface area contributed by atoms with Crippen LogP contribution in [0.15, 0.2) is 188 Å². The van der Waals surface area contributed by atoms with E-state index >= 15 is 0 Å². The van der Waals surface area contributed by atoms with Crippen LogP contribution < -0.4 is 0 Å². The molecule has 5 nitrogen and oxygen atoms in total. The van der Waals surface area contributed by atoms with Gasteiger partial charge < -0.3 is 0 Å². The minimum atomic E-state index is -0.595. The van der Waals surface area contributed by atoms with E-state index in [9.17, 15) is 0 Å². The van der Waals surface area contributed by atoms with Gasteiger partial charge in [-0.15, -0.1) is 0 Å². The van der Waals surface area contributed by atoms with Crippen molar-refractivity contribution in [2.75, 3.05) is 0 Å². The normalized spacial score (nSPS) is 12.9. The van der Waals surface area contributed by atoms with E-state index in [2.05, 4.69) is 121 Å². The van der Waals surface area contributed by atoms with Crippen LogP contribution in [0, 0.1) is 0 Å². The Morgan fingerprint density at radius 3 is 1.11 bits per heavy atom. The molecule has 0 N–H and O–H groups in total. The van der Waals surface area contributed by atoms with E-state index in [1.54, 1.807) is 0 Å². The molecule has 0 amide bonds. The second-order valence-electron chi connectivity index (χ2n) is 14.0. The Bertz CT molecular complexity index is 2800. The van der Waals surface area contributed by atoms with Gasteiger partial charge in [-0.05, 0) is 27.8 Å². The second-order valence-corrected chi connectivity index (χ2v) is 14.0. The molecule has 0 atom stereocenters. The molecule has 0 unspecified atom stereocenters. The first-order chi connectivity index (χ1) is 27.3. The Hall–Kier alpha value is -7.37. The summed E-state index contributed by atoms with van der Waals surface area (Å²) in [6, 6.07) is 65.2. The van der Waals surface area contributed by atoms with E-state index in [4.69, 9.17) is 24.9 Å². The highest BCUT2D eigenvalue weighted by atomic mass is 15.0. The molecule has 7 aromatic carbocycles. The van der Waals surface area contributed by atoms with E-state index < -0.39 is 5.41 Å². The maximum atomic E-state index is 5.75. The Morgan fingerprint density at radius 1 is 0.255 bits per heavy atom. The lowest BCUT2D eigenvalue weighted by atomic mass is 9.72. The number of rotatable bonds is 5. The first-order valence-electron chi connectivity index (χ1n) is 18.5. The molecule has 55 heavy (non-hydrogen) atoms. The zero-order chi connectivity index (χ0) is 36.3. The highest BCUT2D eigenvalue weighted by Gasteiger charge is 2.53. The van der Waals surface area contributed by atoms with Gasteiger partial charge in [-0.3, -0.25) is 0 Å². The first kappa shape index (κ1) is 31.2. The maximum absolute atomic E-state index is 5.75. The average Bonchev–Trinajstić information content (AvgIpc) is 3.74. The van der Waals surface area contributed by atoms with Gasteiger partial charge in [0.1, 0.15) is 0 Å². The van der Waals surface area contributed by atoms with Gasteiger partial charge in [-0.1, -0.05) is 188 Å². The van der Waals surface area contributed by atoms with Gasteiger partial charge in [-0.2, -0.15) is 0 Å². The Balaban J connectivity index is 1.12. The van der Waals surface area contributed by atoms with Crippen LogP contribution in [0.1, 0.15) is 22.4 Å². The molecule has 0 radical (unpaired) electrons. The monoisotopic (exact) mass is 701 g/mol. The molecule has 256 valence electrons. The average molecular weight is 702 g/mol. The smallest absolute Gasteiger partial charge is 0.164 e. The van der Waals surface area contributed by atoms with Crippen molar-refractivity contribution in [2.24, 2.45) is 0 Å². The van der Waals surface area contributed by atoms with Gasteiger partial charge >= 0.3 is 0 Å². The summed E-state index contributed by atoms with van der Waals surface area (Å²) in [4.78, 5) is 26.2. The van der Waals surface area contributed by atoms with Crippen molar-refractivity contribution in [3.8, 4) is 79.1 Å². The number of hydrogen-bond donors (Lipinski definition) is 0. The fourth-order valence-corrected chi connectivity index (χ4v) is 8.52. The fraction of sp³-hybridized carbons (Fsp3) is 0.0200. The summed E-state index contributed by atoms with van der Waals surface area (Å²) in [7, 11) is 0. The molecule has 11 rings (SSSR count). The minimum absolute atomic E-state index is 0.595. The molecule has 0 saturated heterocycles. The largest absolute Gasteiger partial charge is 0.247 e. The van der Waals surface area contributed by atoms with Crippen molar-refractivity contribution in [3.05, 3.63) is 210 Å². The molecule has 2 aliphatic carbocycles. The third-order valence-electron chi connectivity index (χ3n) is 11.0. The number of hydrogen-bond acceptors (Lipinski definition) is 5. The molecule has 0 aliphatic heterocycles. The Labute approximate surface area is 318 Å². The zero-order valence-electron chi connectivity index (χ0n) is 29.6. The van der Waals surface area contributed by atoms with E-state index in [1.807, 2.05) is 66.7 Å². The lowest BCUT2D eigenvalue weighted by Gasteiger charge is -2.29. The minimum Gasteiger partial charge on any atom is -0.247 e. The molecule has 9 aromatic rings. The summed E-state index contributed by atoms with van der Waals surface area (Å²) in [6.45, 7) is 0. The molecule has 2 heterocycles. The van der Waals surface area contributed by atoms with E-state index in [0.29, 0.717) is 17.5 Å². The van der Waals surface area contributed by atoms with Crippen molar-refractivity contribution >= 4 is 0 Å². The van der Waals surface area contributed by atoms with Crippen LogP contribution in [0.25, 0.3) is 79.1 Å². The highest BCUT2D eigenvalue weighted by molar-refractivity contribution is 5.94. The molecular formula is C50H31N5. The molecule has 5 heteroatoms. The maximum Gasteiger partial charge on any atom is 0.164 e. The summed E-state index contributed by atoms with van der Waals surface area (Å²) in [5, 5.41) is 0. The molecule has 2 aromatic heterocycles. The van der Waals surface area contributed by atoms with Crippen LogP contribution in [-0.2, 0) is 5.41 Å². The summed E-state index contributed by atoms with van der Waals surface area (Å²) >= 11 is 0. The van der Waals surface area contributed by atoms with Gasteiger partial charge in [-0.25, -0.2) is 24.9 Å². The van der Waals surface area contributed by atoms with E-state index in [-0.39, 0.29) is 0 Å². The van der Waals surface area contributed by atoms with Crippen molar-refractivity contribution < 1.29 is 0 Å². The van der Waals surface area contributed by atoms with Crippen LogP contribution in [0.4, 0.5) is 0 Å². The van der Waals surface area contributed by atoms with Crippen LogP contribution in [-0.4, -0.2) is 24.9 Å². The van der Waals surface area contributed by atoms with E-state index in [1.165, 1.54) is 27.8 Å². The molecular weight excluding hydrogens is 671 g/mol. The highest BCUT2D eigenvalue weighted by Crippen LogP contribution is 2.62. The SMILES string of the molecule is c1ccc(-c2nc(-c3ccccc3)nc(-c3ccc(-c4nc5c(nc4-c4ccccc4)-c4ccccc4C54c5ccccc5-c5ccccc54)cc3)n2)cc1. The molecule has 2 aliphatic rings. The zero-order valence-corrected chi connectivity index (χ0v) is 29.6. The number of benzene rings is 7. The standard InChI is InChI=1S/C50H31N5/c1-4-16-32(17-5-1)43-44(33-28-30-36(31-29-33)49-54-47(34-18-6-2-7-19-34)53-48(55-49)35-20-8-3-9-21-35)52-46-45(51-43)39-24-12-15-27-42(39)50(46)40-25-13-10-22-37(40)38-23-11-14-26-41(38)50/h1-31H. The summed E-state index contributed by atoms with van der Waals surface area (Å²) in [5.74, 6) is 1.87. The van der Waals surface area contributed by atoms with Gasteiger partial charge in [0.25, 0.3) is 0 Å². The molecule has 0 saturated carbocycles. The predicted octanol–water partition coefficient (Wildman–Crippen LogP) is 11.3. The lowest BCUT2D eigenvalue weighted by Crippen LogP contribution is -2.27. The third-order valence-corrected chi connectivity index (χ3v) is 11.0. The van der Waals surface area contributed by atoms with Crippen molar-refractivity contribution in [1.82, 2.24) is 24.9 Å². The fourth-order valence-electron chi connectivity index (χ4n) is 8.52. The summed E-state index contributed by atoms with van der Waals surface area (Å²) in [6.07, 6.45) is 0. The number of fused-ring (bicyclic) bond motifs is 10. The Kier molecular flexibility index (Phi) is 7.01. The van der Waals surface area contributed by atoms with Crippen LogP contribution >= 0.6 is 0 Å². The molecule has 0 bridgehead atoms. The van der Waals surface area contributed by atoms with Gasteiger partial charge in [0, 0.05) is 33.4 Å². The number of nitrogens with zero attached hydrogens (tertiary/aromatic N) is 5. The van der Waals surface area contributed by atoms with Crippen molar-refractivity contribution in [2.45, 2.75) is 5.41 Å². The van der Waals surface area contributed by atoms with Crippen LogP contribution in [0.2, 0.25) is 0 Å². The topological polar surface area (TPSA) is 64.5 Å². The van der Waals surface area contributed by atoms with Gasteiger partial charge in [0.05, 0.1) is 28.2 Å². The lowest BCUT2D eigenvalue weighted by molar-refractivity contribution is 0.758. The Morgan fingerprint density at radius 2 is 0.600 bits per heavy atom. The van der Waals surface area contributed by atoms with Gasteiger partial charge in [0.2, 0.25) is 0 Å². The summed E-state index contributed by atoms with van der Waals surface area (Å²) < 4.78 is 0. The van der Waals surface area contributed by atoms with Crippen molar-refractivity contribution in [1.29, 1.82) is 0 Å². The summed E-state index contributed by atoms with van der Waals surface area (Å²) in [5.41, 5.74) is 15.0. The number of aromatic nitrogens is 5. The third kappa shape index (κ3) is 4.76. The van der Waals surface area contributed by atoms with Crippen LogP contribution in [0.3, 0.4) is 0 Å². The molecule has 1 spiro atoms. The predicted molar refractivity (Wildman–Crippen MR) is 219 cm³/mol. The first-order valence-corrected chi connectivity index (χ1v) is 18.5. The second kappa shape index (κ2) is 12.4. The van der Waals surface area contributed by atoms with E-state index in [0.717, 1.165) is 56.2 Å². The quantitative estimate of drug-likeness (QED) is 0.179. The van der Waals surface area contributed by atoms with Gasteiger partial charge in [0.15, 0.2) is 17.5 Å². The van der Waals surface area contributed by atoms with Crippen molar-refractivity contribution in [3.63, 3.8) is 0 Å². The molecule has 0 fully saturated rings.